The number of carboxylic acids is 1. The summed E-state index contributed by atoms with van der Waals surface area (Å²) in [5, 5.41) is 8.97. The molecule has 0 saturated heterocycles. The van der Waals surface area contributed by atoms with E-state index >= 15 is 0 Å². The Kier molecular flexibility index (Phi) is 5.69. The zero-order valence-corrected chi connectivity index (χ0v) is 12.2. The fourth-order valence-corrected chi connectivity index (χ4v) is 2.24. The van der Waals surface area contributed by atoms with Crippen molar-refractivity contribution in [3.05, 3.63) is 29.8 Å². The van der Waals surface area contributed by atoms with Crippen LogP contribution in [0.2, 0.25) is 0 Å². The van der Waals surface area contributed by atoms with E-state index in [2.05, 4.69) is 0 Å². The largest absolute Gasteiger partial charge is 1.00 e. The molecule has 1 atom stereocenters. The Bertz CT molecular complexity index is 464. The van der Waals surface area contributed by atoms with Crippen LogP contribution in [-0.4, -0.2) is 19.6 Å². The van der Waals surface area contributed by atoms with Crippen LogP contribution in [0.25, 0.3) is 0 Å². The zero-order chi connectivity index (χ0) is 11.6. The summed E-state index contributed by atoms with van der Waals surface area (Å²) in [5.41, 5.74) is 0.912. The molecule has 0 aliphatic heterocycles. The first-order chi connectivity index (χ1) is 6.85. The van der Waals surface area contributed by atoms with Gasteiger partial charge in [-0.05, 0) is 26.0 Å². The van der Waals surface area contributed by atoms with E-state index in [9.17, 15) is 18.3 Å². The molecule has 16 heavy (non-hydrogen) atoms. The number of carbonyl (C=O) groups is 1. The molecule has 0 aliphatic rings. The van der Waals surface area contributed by atoms with Gasteiger partial charge in [0.1, 0.15) is 5.25 Å². The predicted octanol–water partition coefficient (Wildman–Crippen LogP) is -3.09. The van der Waals surface area contributed by atoms with Crippen molar-refractivity contribution in [3.8, 4) is 0 Å². The maximum atomic E-state index is 11.7. The predicted molar refractivity (Wildman–Crippen MR) is 52.8 cm³/mol. The van der Waals surface area contributed by atoms with Crippen LogP contribution < -0.4 is 34.7 Å². The molecule has 0 radical (unpaired) electrons. The molecular formula is C10H11NaO4S. The fraction of sp³-hybridized carbons (Fsp3) is 0.300. The first-order valence-corrected chi connectivity index (χ1v) is 5.92. The quantitative estimate of drug-likeness (QED) is 0.533. The van der Waals surface area contributed by atoms with Crippen LogP contribution in [0.1, 0.15) is 12.5 Å². The average molecular weight is 250 g/mol. The molecule has 0 aromatic heterocycles. The molecule has 0 fully saturated rings. The number of hydrogen-bond donors (Lipinski definition) is 0. The summed E-state index contributed by atoms with van der Waals surface area (Å²) in [7, 11) is -3.82. The molecule has 0 bridgehead atoms. The number of sulfone groups is 1. The molecule has 0 amide bonds. The van der Waals surface area contributed by atoms with Crippen molar-refractivity contribution in [2.45, 2.75) is 24.0 Å². The molecular weight excluding hydrogens is 239 g/mol. The van der Waals surface area contributed by atoms with Gasteiger partial charge in [-0.3, -0.25) is 0 Å². The SMILES string of the molecule is Cc1ccc(S(=O)(=O)C(C)C(=O)[O-])cc1.[Na+]. The Morgan fingerprint density at radius 3 is 2.06 bits per heavy atom. The second-order valence-corrected chi connectivity index (χ2v) is 5.59. The van der Waals surface area contributed by atoms with Gasteiger partial charge in [0.15, 0.2) is 9.84 Å². The summed E-state index contributed by atoms with van der Waals surface area (Å²) < 4.78 is 23.3. The summed E-state index contributed by atoms with van der Waals surface area (Å²) >= 11 is 0. The summed E-state index contributed by atoms with van der Waals surface area (Å²) in [6.07, 6.45) is 0. The number of rotatable bonds is 3. The number of carboxylic acid groups (broad SMARTS) is 1. The van der Waals surface area contributed by atoms with Crippen molar-refractivity contribution in [2.24, 2.45) is 0 Å². The molecule has 0 heterocycles. The van der Waals surface area contributed by atoms with Gasteiger partial charge in [-0.25, -0.2) is 8.42 Å². The fourth-order valence-electron chi connectivity index (χ4n) is 1.06. The minimum atomic E-state index is -3.82. The van der Waals surface area contributed by atoms with Crippen molar-refractivity contribution >= 4 is 15.8 Å². The average Bonchev–Trinajstić information content (AvgIpc) is 2.17. The van der Waals surface area contributed by atoms with Gasteiger partial charge in [-0.15, -0.1) is 0 Å². The number of carbonyl (C=O) groups excluding carboxylic acids is 1. The Hall–Kier alpha value is -0.360. The maximum Gasteiger partial charge on any atom is 1.00 e. The summed E-state index contributed by atoms with van der Waals surface area (Å²) in [4.78, 5) is 10.5. The Morgan fingerprint density at radius 1 is 1.25 bits per heavy atom. The van der Waals surface area contributed by atoms with Crippen LogP contribution >= 0.6 is 0 Å². The topological polar surface area (TPSA) is 74.3 Å². The van der Waals surface area contributed by atoms with E-state index < -0.39 is 21.1 Å². The molecule has 82 valence electrons. The van der Waals surface area contributed by atoms with E-state index in [0.29, 0.717) is 0 Å². The molecule has 0 N–H and O–H groups in total. The molecule has 1 unspecified atom stereocenters. The smallest absolute Gasteiger partial charge is 0.549 e. The van der Waals surface area contributed by atoms with E-state index in [0.717, 1.165) is 12.5 Å². The van der Waals surface area contributed by atoms with Crippen LogP contribution in [0.4, 0.5) is 0 Å². The molecule has 1 aromatic carbocycles. The Morgan fingerprint density at radius 2 is 1.69 bits per heavy atom. The van der Waals surface area contributed by atoms with Crippen molar-refractivity contribution in [2.75, 3.05) is 0 Å². The van der Waals surface area contributed by atoms with Gasteiger partial charge in [-0.2, -0.15) is 0 Å². The van der Waals surface area contributed by atoms with Crippen molar-refractivity contribution < 1.29 is 47.9 Å². The van der Waals surface area contributed by atoms with E-state index in [1.165, 1.54) is 12.1 Å². The van der Waals surface area contributed by atoms with Crippen LogP contribution in [0.5, 0.6) is 0 Å². The van der Waals surface area contributed by atoms with Gasteiger partial charge < -0.3 is 9.90 Å². The van der Waals surface area contributed by atoms with Crippen LogP contribution in [0, 0.1) is 6.92 Å². The van der Waals surface area contributed by atoms with Crippen LogP contribution in [-0.2, 0) is 14.6 Å². The van der Waals surface area contributed by atoms with Gasteiger partial charge in [0.25, 0.3) is 0 Å². The summed E-state index contributed by atoms with van der Waals surface area (Å²) in [6, 6.07) is 6.03. The van der Waals surface area contributed by atoms with Gasteiger partial charge in [0.2, 0.25) is 0 Å². The second-order valence-electron chi connectivity index (χ2n) is 3.32. The monoisotopic (exact) mass is 250 g/mol. The van der Waals surface area contributed by atoms with E-state index in [1.54, 1.807) is 12.1 Å². The van der Waals surface area contributed by atoms with Gasteiger partial charge in [0, 0.05) is 0 Å². The van der Waals surface area contributed by atoms with E-state index in [1.807, 2.05) is 6.92 Å². The first kappa shape index (κ1) is 15.6. The molecule has 0 spiro atoms. The number of aryl methyl sites for hydroxylation is 1. The Balaban J connectivity index is 0.00000225. The number of aliphatic carboxylic acids is 1. The molecule has 0 aliphatic carbocycles. The van der Waals surface area contributed by atoms with Crippen molar-refractivity contribution in [1.29, 1.82) is 0 Å². The molecule has 0 saturated carbocycles. The molecule has 1 aromatic rings. The Labute approximate surface area is 117 Å². The van der Waals surface area contributed by atoms with Crippen LogP contribution in [0.3, 0.4) is 0 Å². The zero-order valence-electron chi connectivity index (χ0n) is 9.43. The van der Waals surface area contributed by atoms with E-state index in [4.69, 9.17) is 0 Å². The third-order valence-electron chi connectivity index (χ3n) is 2.15. The minimum absolute atomic E-state index is 0. The maximum absolute atomic E-state index is 11.7. The number of hydrogen-bond acceptors (Lipinski definition) is 4. The van der Waals surface area contributed by atoms with E-state index in [-0.39, 0.29) is 34.5 Å². The summed E-state index contributed by atoms with van der Waals surface area (Å²) in [6.45, 7) is 2.92. The van der Waals surface area contributed by atoms with Crippen molar-refractivity contribution in [3.63, 3.8) is 0 Å². The third kappa shape index (κ3) is 3.31. The normalized spacial score (nSPS) is 12.6. The standard InChI is InChI=1S/C10H12O4S.Na/c1-7-3-5-9(6-4-7)15(13,14)8(2)10(11)12;/h3-6,8H,1-2H3,(H,11,12);/q;+1/p-1. The van der Waals surface area contributed by atoms with Gasteiger partial charge in [0.05, 0.1) is 10.9 Å². The molecule has 4 nitrogen and oxygen atoms in total. The second kappa shape index (κ2) is 5.82. The minimum Gasteiger partial charge on any atom is -0.549 e. The van der Waals surface area contributed by atoms with Crippen molar-refractivity contribution in [1.82, 2.24) is 0 Å². The first-order valence-electron chi connectivity index (χ1n) is 4.37. The van der Waals surface area contributed by atoms with Gasteiger partial charge >= 0.3 is 29.6 Å². The van der Waals surface area contributed by atoms with Gasteiger partial charge in [-0.1, -0.05) is 17.7 Å². The number of benzene rings is 1. The molecule has 1 rings (SSSR count). The summed E-state index contributed by atoms with van der Waals surface area (Å²) in [5.74, 6) is -1.59. The molecule has 6 heteroatoms. The van der Waals surface area contributed by atoms with Crippen LogP contribution in [0.15, 0.2) is 29.2 Å². The third-order valence-corrected chi connectivity index (χ3v) is 4.20.